The molecule has 0 radical (unpaired) electrons. The van der Waals surface area contributed by atoms with Crippen molar-refractivity contribution in [2.45, 2.75) is 6.61 Å². The standard InChI is InChI=1S/C14H17N5O3/c15-13-12(16-22-17-13)14(19-6-8-20-9-7-19)18-21-10-11-4-2-1-3-5-11/h1-5H,6-10H2,(H2,15,17)/b18-14+. The minimum atomic E-state index is 0.188. The number of nitrogen functional groups attached to an aromatic ring is 1. The number of nitrogens with two attached hydrogens (primary N) is 1. The first-order chi connectivity index (χ1) is 10.8. The highest BCUT2D eigenvalue weighted by molar-refractivity contribution is 6.00. The maximum absolute atomic E-state index is 5.77. The van der Waals surface area contributed by atoms with E-state index in [0.717, 1.165) is 5.56 Å². The minimum absolute atomic E-state index is 0.188. The van der Waals surface area contributed by atoms with Crippen molar-refractivity contribution in [2.24, 2.45) is 5.16 Å². The topological polar surface area (TPSA) is 99.0 Å². The van der Waals surface area contributed by atoms with Gasteiger partial charge in [-0.1, -0.05) is 35.5 Å². The van der Waals surface area contributed by atoms with Gasteiger partial charge in [0.2, 0.25) is 5.84 Å². The van der Waals surface area contributed by atoms with Crippen molar-refractivity contribution in [1.82, 2.24) is 15.2 Å². The molecule has 1 fully saturated rings. The fourth-order valence-electron chi connectivity index (χ4n) is 2.12. The molecule has 0 aliphatic carbocycles. The largest absolute Gasteiger partial charge is 0.389 e. The van der Waals surface area contributed by atoms with E-state index in [1.165, 1.54) is 0 Å². The van der Waals surface area contributed by atoms with Crippen molar-refractivity contribution in [2.75, 3.05) is 32.0 Å². The first-order valence-corrected chi connectivity index (χ1v) is 6.99. The first-order valence-electron chi connectivity index (χ1n) is 6.99. The molecule has 0 saturated carbocycles. The molecule has 1 aliphatic rings. The van der Waals surface area contributed by atoms with E-state index < -0.39 is 0 Å². The molecule has 0 amide bonds. The van der Waals surface area contributed by atoms with E-state index in [0.29, 0.717) is 44.4 Å². The molecule has 0 bridgehead atoms. The average Bonchev–Trinajstić information content (AvgIpc) is 2.99. The highest BCUT2D eigenvalue weighted by Crippen LogP contribution is 2.12. The summed E-state index contributed by atoms with van der Waals surface area (Å²) in [6.45, 7) is 2.95. The van der Waals surface area contributed by atoms with Gasteiger partial charge in [0.25, 0.3) is 0 Å². The molecule has 1 aromatic carbocycles. The van der Waals surface area contributed by atoms with Crippen LogP contribution in [0, 0.1) is 0 Å². The second kappa shape index (κ2) is 6.90. The summed E-state index contributed by atoms with van der Waals surface area (Å²) in [5.74, 6) is 0.700. The van der Waals surface area contributed by atoms with Crippen LogP contribution in [0.5, 0.6) is 0 Å². The van der Waals surface area contributed by atoms with Gasteiger partial charge in [0.1, 0.15) is 6.61 Å². The number of ether oxygens (including phenoxy) is 1. The molecule has 22 heavy (non-hydrogen) atoms. The van der Waals surface area contributed by atoms with Crippen molar-refractivity contribution >= 4 is 11.7 Å². The van der Waals surface area contributed by atoms with Gasteiger partial charge in [-0.05, 0) is 15.9 Å². The Kier molecular flexibility index (Phi) is 4.50. The number of benzene rings is 1. The summed E-state index contributed by atoms with van der Waals surface area (Å²) in [6, 6.07) is 9.79. The van der Waals surface area contributed by atoms with Gasteiger partial charge in [-0.15, -0.1) is 0 Å². The number of amidine groups is 1. The summed E-state index contributed by atoms with van der Waals surface area (Å²) in [6.07, 6.45) is 0. The number of aromatic nitrogens is 2. The van der Waals surface area contributed by atoms with Gasteiger partial charge in [-0.3, -0.25) is 0 Å². The molecule has 3 rings (SSSR count). The zero-order valence-electron chi connectivity index (χ0n) is 12.0. The van der Waals surface area contributed by atoms with Crippen molar-refractivity contribution in [3.05, 3.63) is 41.6 Å². The van der Waals surface area contributed by atoms with Crippen LogP contribution in [0.3, 0.4) is 0 Å². The predicted molar refractivity (Wildman–Crippen MR) is 78.9 cm³/mol. The van der Waals surface area contributed by atoms with Gasteiger partial charge in [-0.2, -0.15) is 0 Å². The molecule has 0 atom stereocenters. The molecule has 2 heterocycles. The van der Waals surface area contributed by atoms with Gasteiger partial charge in [0.15, 0.2) is 11.5 Å². The van der Waals surface area contributed by atoms with Crippen LogP contribution < -0.4 is 5.73 Å². The third-order valence-corrected chi connectivity index (χ3v) is 3.26. The molecule has 1 aliphatic heterocycles. The SMILES string of the molecule is Nc1nonc1/C(=N\OCc1ccccc1)N1CCOCC1. The molecule has 8 nitrogen and oxygen atoms in total. The maximum atomic E-state index is 5.77. The average molecular weight is 303 g/mol. The van der Waals surface area contributed by atoms with Gasteiger partial charge in [-0.25, -0.2) is 4.63 Å². The molecule has 8 heteroatoms. The lowest BCUT2D eigenvalue weighted by Gasteiger charge is -2.28. The van der Waals surface area contributed by atoms with E-state index >= 15 is 0 Å². The van der Waals surface area contributed by atoms with E-state index in [9.17, 15) is 0 Å². The molecule has 2 aromatic rings. The van der Waals surface area contributed by atoms with E-state index in [1.54, 1.807) is 0 Å². The van der Waals surface area contributed by atoms with Crippen LogP contribution in [0.2, 0.25) is 0 Å². The quantitative estimate of drug-likeness (QED) is 0.508. The smallest absolute Gasteiger partial charge is 0.201 e. The summed E-state index contributed by atoms with van der Waals surface area (Å²) >= 11 is 0. The van der Waals surface area contributed by atoms with Crippen molar-refractivity contribution in [1.29, 1.82) is 0 Å². The number of anilines is 1. The van der Waals surface area contributed by atoms with Gasteiger partial charge >= 0.3 is 0 Å². The Bertz CT molecular complexity index is 622. The summed E-state index contributed by atoms with van der Waals surface area (Å²) in [7, 11) is 0. The first kappa shape index (κ1) is 14.3. The number of hydrogen-bond donors (Lipinski definition) is 1. The van der Waals surface area contributed by atoms with E-state index in [4.69, 9.17) is 15.3 Å². The Morgan fingerprint density at radius 2 is 2.00 bits per heavy atom. The Labute approximate surface area is 127 Å². The van der Waals surface area contributed by atoms with Crippen molar-refractivity contribution < 1.29 is 14.2 Å². The van der Waals surface area contributed by atoms with Crippen LogP contribution in [0.4, 0.5) is 5.82 Å². The van der Waals surface area contributed by atoms with E-state index in [-0.39, 0.29) is 5.82 Å². The number of morpholine rings is 1. The monoisotopic (exact) mass is 303 g/mol. The molecule has 0 spiro atoms. The summed E-state index contributed by atoms with van der Waals surface area (Å²) in [4.78, 5) is 7.44. The van der Waals surface area contributed by atoms with Gasteiger partial charge in [0, 0.05) is 13.1 Å². The van der Waals surface area contributed by atoms with Crippen LogP contribution in [0.15, 0.2) is 40.1 Å². The fourth-order valence-corrected chi connectivity index (χ4v) is 2.12. The molecule has 1 saturated heterocycles. The number of rotatable bonds is 4. The van der Waals surface area contributed by atoms with Crippen LogP contribution >= 0.6 is 0 Å². The lowest BCUT2D eigenvalue weighted by atomic mass is 10.2. The fraction of sp³-hybridized carbons (Fsp3) is 0.357. The number of oxime groups is 1. The Hall–Kier alpha value is -2.61. The summed E-state index contributed by atoms with van der Waals surface area (Å²) < 4.78 is 10.0. The third kappa shape index (κ3) is 3.34. The predicted octanol–water partition coefficient (Wildman–Crippen LogP) is 0.862. The molecule has 116 valence electrons. The Morgan fingerprint density at radius 1 is 1.23 bits per heavy atom. The normalized spacial score (nSPS) is 15.8. The molecule has 2 N–H and O–H groups in total. The van der Waals surface area contributed by atoms with Crippen LogP contribution in [-0.2, 0) is 16.2 Å². The molecule has 1 aromatic heterocycles. The highest BCUT2D eigenvalue weighted by atomic mass is 16.6. The molecule has 0 unspecified atom stereocenters. The van der Waals surface area contributed by atoms with Crippen LogP contribution in [0.1, 0.15) is 11.3 Å². The van der Waals surface area contributed by atoms with Crippen molar-refractivity contribution in [3.8, 4) is 0 Å². The second-order valence-electron chi connectivity index (χ2n) is 4.77. The number of hydrogen-bond acceptors (Lipinski definition) is 7. The van der Waals surface area contributed by atoms with Gasteiger partial charge < -0.3 is 20.2 Å². The maximum Gasteiger partial charge on any atom is 0.201 e. The van der Waals surface area contributed by atoms with Crippen molar-refractivity contribution in [3.63, 3.8) is 0 Å². The Balaban J connectivity index is 1.75. The second-order valence-corrected chi connectivity index (χ2v) is 4.77. The van der Waals surface area contributed by atoms with E-state index in [2.05, 4.69) is 20.1 Å². The summed E-state index contributed by atoms with van der Waals surface area (Å²) in [5, 5.41) is 11.6. The highest BCUT2D eigenvalue weighted by Gasteiger charge is 2.23. The Morgan fingerprint density at radius 3 is 2.68 bits per heavy atom. The minimum Gasteiger partial charge on any atom is -0.389 e. The molecular formula is C14H17N5O3. The summed E-state index contributed by atoms with van der Waals surface area (Å²) in [5.41, 5.74) is 7.18. The van der Waals surface area contributed by atoms with Gasteiger partial charge in [0.05, 0.1) is 13.2 Å². The lowest BCUT2D eigenvalue weighted by Crippen LogP contribution is -2.41. The third-order valence-electron chi connectivity index (χ3n) is 3.26. The van der Waals surface area contributed by atoms with E-state index in [1.807, 2.05) is 35.2 Å². The number of nitrogens with zero attached hydrogens (tertiary/aromatic N) is 4. The zero-order chi connectivity index (χ0) is 15.2. The van der Waals surface area contributed by atoms with Crippen LogP contribution in [-0.4, -0.2) is 47.4 Å². The molecular weight excluding hydrogens is 286 g/mol. The lowest BCUT2D eigenvalue weighted by molar-refractivity contribution is 0.0630. The van der Waals surface area contributed by atoms with Crippen LogP contribution in [0.25, 0.3) is 0 Å². The zero-order valence-corrected chi connectivity index (χ0v) is 12.0.